The third-order valence-corrected chi connectivity index (χ3v) is 4.09. The highest BCUT2D eigenvalue weighted by molar-refractivity contribution is 9.10. The molecule has 1 N–H and O–H groups in total. The predicted octanol–water partition coefficient (Wildman–Crippen LogP) is 4.00. The molecule has 2 nitrogen and oxygen atoms in total. The van der Waals surface area contributed by atoms with Gasteiger partial charge in [0.05, 0.1) is 0 Å². The highest BCUT2D eigenvalue weighted by atomic mass is 79.9. The molecule has 1 saturated carbocycles. The van der Waals surface area contributed by atoms with Gasteiger partial charge in [0.15, 0.2) is 0 Å². The number of amides is 1. The fraction of sp³-hybridized carbons (Fsp3) is 0.533. The van der Waals surface area contributed by atoms with Crippen LogP contribution in [-0.2, 0) is 0 Å². The van der Waals surface area contributed by atoms with E-state index in [2.05, 4.69) is 35.1 Å². The van der Waals surface area contributed by atoms with Crippen molar-refractivity contribution in [1.82, 2.24) is 5.32 Å². The molecular weight excluding hydrogens is 290 g/mol. The molecule has 0 heterocycles. The van der Waals surface area contributed by atoms with E-state index in [0.29, 0.717) is 17.9 Å². The van der Waals surface area contributed by atoms with Gasteiger partial charge in [-0.05, 0) is 49.3 Å². The summed E-state index contributed by atoms with van der Waals surface area (Å²) in [5.41, 5.74) is 0.732. The Labute approximate surface area is 117 Å². The molecule has 1 aromatic rings. The van der Waals surface area contributed by atoms with E-state index in [1.54, 1.807) is 0 Å². The lowest BCUT2D eigenvalue weighted by molar-refractivity contribution is 0.0911. The molecule has 18 heavy (non-hydrogen) atoms. The van der Waals surface area contributed by atoms with Gasteiger partial charge in [0.25, 0.3) is 5.91 Å². The first-order valence-electron chi connectivity index (χ1n) is 6.61. The predicted molar refractivity (Wildman–Crippen MR) is 77.6 cm³/mol. The van der Waals surface area contributed by atoms with Crippen LogP contribution in [0.3, 0.4) is 0 Å². The van der Waals surface area contributed by atoms with Gasteiger partial charge < -0.3 is 5.32 Å². The lowest BCUT2D eigenvalue weighted by Gasteiger charge is -2.32. The molecule has 0 bridgehead atoms. The number of benzene rings is 1. The van der Waals surface area contributed by atoms with Gasteiger partial charge in [0, 0.05) is 16.1 Å². The summed E-state index contributed by atoms with van der Waals surface area (Å²) >= 11 is 3.39. The van der Waals surface area contributed by atoms with E-state index in [1.165, 1.54) is 6.42 Å². The summed E-state index contributed by atoms with van der Waals surface area (Å²) in [6.45, 7) is 4.54. The van der Waals surface area contributed by atoms with Crippen molar-refractivity contribution in [2.45, 2.75) is 39.2 Å². The average Bonchev–Trinajstić information content (AvgIpc) is 2.27. The first kappa shape index (κ1) is 13.6. The topological polar surface area (TPSA) is 29.1 Å². The smallest absolute Gasteiger partial charge is 0.251 e. The quantitative estimate of drug-likeness (QED) is 0.879. The Morgan fingerprint density at radius 3 is 2.50 bits per heavy atom. The van der Waals surface area contributed by atoms with Crippen molar-refractivity contribution in [3.63, 3.8) is 0 Å². The largest absolute Gasteiger partial charge is 0.349 e. The van der Waals surface area contributed by atoms with Gasteiger partial charge in [-0.25, -0.2) is 0 Å². The summed E-state index contributed by atoms with van der Waals surface area (Å²) < 4.78 is 0.945. The molecule has 0 spiro atoms. The van der Waals surface area contributed by atoms with Crippen LogP contribution in [0.25, 0.3) is 0 Å². The average molecular weight is 310 g/mol. The van der Waals surface area contributed by atoms with Crippen LogP contribution in [0.1, 0.15) is 43.5 Å². The number of rotatable bonds is 2. The first-order valence-corrected chi connectivity index (χ1v) is 7.40. The normalized spacial score (nSPS) is 27.8. The summed E-state index contributed by atoms with van der Waals surface area (Å²) in [4.78, 5) is 12.1. The van der Waals surface area contributed by atoms with Gasteiger partial charge in [-0.2, -0.15) is 0 Å². The molecule has 1 aliphatic carbocycles. The maximum absolute atomic E-state index is 12.1. The summed E-state index contributed by atoms with van der Waals surface area (Å²) in [5.74, 6) is 1.46. The van der Waals surface area contributed by atoms with E-state index >= 15 is 0 Å². The molecule has 1 aromatic carbocycles. The summed E-state index contributed by atoms with van der Waals surface area (Å²) in [6.07, 6.45) is 3.48. The first-order chi connectivity index (χ1) is 8.54. The second-order valence-corrected chi connectivity index (χ2v) is 6.51. The van der Waals surface area contributed by atoms with Crippen LogP contribution < -0.4 is 5.32 Å². The van der Waals surface area contributed by atoms with Crippen LogP contribution in [0.2, 0.25) is 0 Å². The van der Waals surface area contributed by atoms with E-state index in [0.717, 1.165) is 22.9 Å². The SMILES string of the molecule is CC1CC(C)CC(NC(=O)c2cccc(Br)c2)C1. The van der Waals surface area contributed by atoms with Crippen molar-refractivity contribution in [1.29, 1.82) is 0 Å². The number of hydrogen-bond acceptors (Lipinski definition) is 1. The standard InChI is InChI=1S/C15H20BrNO/c1-10-6-11(2)8-14(7-10)17-15(18)12-4-3-5-13(16)9-12/h3-5,9-11,14H,6-8H2,1-2H3,(H,17,18). The maximum atomic E-state index is 12.1. The number of halogens is 1. The van der Waals surface area contributed by atoms with Crippen LogP contribution in [0.4, 0.5) is 0 Å². The fourth-order valence-electron chi connectivity index (χ4n) is 2.96. The maximum Gasteiger partial charge on any atom is 0.251 e. The second kappa shape index (κ2) is 5.87. The van der Waals surface area contributed by atoms with Gasteiger partial charge in [0.2, 0.25) is 0 Å². The summed E-state index contributed by atoms with van der Waals surface area (Å²) in [6, 6.07) is 7.88. The highest BCUT2D eigenvalue weighted by Gasteiger charge is 2.25. The Bertz CT molecular complexity index is 422. The van der Waals surface area contributed by atoms with Crippen LogP contribution >= 0.6 is 15.9 Å². The van der Waals surface area contributed by atoms with Crippen molar-refractivity contribution in [2.75, 3.05) is 0 Å². The molecule has 1 amide bonds. The molecule has 98 valence electrons. The Hall–Kier alpha value is -0.830. The molecule has 2 rings (SSSR count). The molecule has 1 fully saturated rings. The Kier molecular flexibility index (Phi) is 4.44. The molecule has 0 aromatic heterocycles. The van der Waals surface area contributed by atoms with Gasteiger partial charge in [-0.15, -0.1) is 0 Å². The molecule has 0 aliphatic heterocycles. The van der Waals surface area contributed by atoms with Crippen molar-refractivity contribution in [3.8, 4) is 0 Å². The Morgan fingerprint density at radius 2 is 1.89 bits per heavy atom. The van der Waals surface area contributed by atoms with Crippen LogP contribution in [0.15, 0.2) is 28.7 Å². The van der Waals surface area contributed by atoms with Gasteiger partial charge in [-0.1, -0.05) is 35.8 Å². The van der Waals surface area contributed by atoms with E-state index in [-0.39, 0.29) is 5.91 Å². The van der Waals surface area contributed by atoms with E-state index in [9.17, 15) is 4.79 Å². The number of carbonyl (C=O) groups is 1. The molecule has 0 saturated heterocycles. The zero-order valence-electron chi connectivity index (χ0n) is 10.9. The molecule has 2 unspecified atom stereocenters. The van der Waals surface area contributed by atoms with Gasteiger partial charge >= 0.3 is 0 Å². The Morgan fingerprint density at radius 1 is 1.22 bits per heavy atom. The van der Waals surface area contributed by atoms with E-state index < -0.39 is 0 Å². The molecular formula is C15H20BrNO. The third kappa shape index (κ3) is 3.58. The van der Waals surface area contributed by atoms with Crippen molar-refractivity contribution in [2.24, 2.45) is 11.8 Å². The van der Waals surface area contributed by atoms with Gasteiger partial charge in [-0.3, -0.25) is 4.79 Å². The zero-order chi connectivity index (χ0) is 13.1. The minimum Gasteiger partial charge on any atom is -0.349 e. The van der Waals surface area contributed by atoms with Crippen LogP contribution in [0, 0.1) is 11.8 Å². The number of hydrogen-bond donors (Lipinski definition) is 1. The minimum absolute atomic E-state index is 0.0441. The van der Waals surface area contributed by atoms with E-state index in [4.69, 9.17) is 0 Å². The van der Waals surface area contributed by atoms with Crippen molar-refractivity contribution in [3.05, 3.63) is 34.3 Å². The van der Waals surface area contributed by atoms with Gasteiger partial charge in [0.1, 0.15) is 0 Å². The molecule has 3 heteroatoms. The number of carbonyl (C=O) groups excluding carboxylic acids is 1. The molecule has 2 atom stereocenters. The molecule has 0 radical (unpaired) electrons. The van der Waals surface area contributed by atoms with Crippen molar-refractivity contribution >= 4 is 21.8 Å². The monoisotopic (exact) mass is 309 g/mol. The summed E-state index contributed by atoms with van der Waals surface area (Å²) in [7, 11) is 0. The summed E-state index contributed by atoms with van der Waals surface area (Å²) in [5, 5.41) is 3.16. The van der Waals surface area contributed by atoms with Crippen molar-refractivity contribution < 1.29 is 4.79 Å². The number of nitrogens with one attached hydrogen (secondary N) is 1. The minimum atomic E-state index is 0.0441. The van der Waals surface area contributed by atoms with E-state index in [1.807, 2.05) is 24.3 Å². The highest BCUT2D eigenvalue weighted by Crippen LogP contribution is 2.28. The lowest BCUT2D eigenvalue weighted by atomic mass is 9.80. The Balaban J connectivity index is 1.99. The second-order valence-electron chi connectivity index (χ2n) is 5.60. The fourth-order valence-corrected chi connectivity index (χ4v) is 3.36. The van der Waals surface area contributed by atoms with Crippen LogP contribution in [0.5, 0.6) is 0 Å². The zero-order valence-corrected chi connectivity index (χ0v) is 12.5. The molecule has 1 aliphatic rings. The van der Waals surface area contributed by atoms with Crippen LogP contribution in [-0.4, -0.2) is 11.9 Å². The third-order valence-electron chi connectivity index (χ3n) is 3.60. The lowest BCUT2D eigenvalue weighted by Crippen LogP contribution is -2.40.